The lowest BCUT2D eigenvalue weighted by molar-refractivity contribution is -0.115. The molecule has 1 amide bonds. The fourth-order valence-electron chi connectivity index (χ4n) is 2.20. The van der Waals surface area contributed by atoms with Crippen molar-refractivity contribution in [3.8, 4) is 0 Å². The molecule has 5 nitrogen and oxygen atoms in total. The molecule has 0 aliphatic heterocycles. The smallest absolute Gasteiger partial charge is 0.243 e. The first kappa shape index (κ1) is 21.9. The van der Waals surface area contributed by atoms with Crippen molar-refractivity contribution in [2.24, 2.45) is 4.99 Å². The van der Waals surface area contributed by atoms with Crippen molar-refractivity contribution >= 4 is 41.5 Å². The first-order valence-corrected chi connectivity index (χ1v) is 8.20. The van der Waals surface area contributed by atoms with Crippen LogP contribution in [0.4, 0.5) is 10.1 Å². The summed E-state index contributed by atoms with van der Waals surface area (Å²) in [6.07, 6.45) is 0. The number of halogens is 2. The Morgan fingerprint density at radius 2 is 1.77 bits per heavy atom. The number of nitrogens with one attached hydrogen (secondary N) is 3. The van der Waals surface area contributed by atoms with Gasteiger partial charge < -0.3 is 16.0 Å². The molecule has 2 aromatic rings. The highest BCUT2D eigenvalue weighted by atomic mass is 127. The van der Waals surface area contributed by atoms with Crippen LogP contribution in [0.5, 0.6) is 0 Å². The highest BCUT2D eigenvalue weighted by Gasteiger charge is 2.05. The molecule has 0 unspecified atom stereocenters. The normalized spacial score (nSPS) is 10.7. The average molecular weight is 470 g/mol. The minimum absolute atomic E-state index is 0. The van der Waals surface area contributed by atoms with Gasteiger partial charge in [0.15, 0.2) is 5.96 Å². The van der Waals surface area contributed by atoms with E-state index in [1.54, 1.807) is 0 Å². The summed E-state index contributed by atoms with van der Waals surface area (Å²) in [5.41, 5.74) is 2.86. The zero-order valence-electron chi connectivity index (χ0n) is 14.9. The van der Waals surface area contributed by atoms with Crippen LogP contribution < -0.4 is 16.0 Å². The Morgan fingerprint density at radius 3 is 2.42 bits per heavy atom. The lowest BCUT2D eigenvalue weighted by Gasteiger charge is -2.12. The summed E-state index contributed by atoms with van der Waals surface area (Å²) in [5.74, 6) is 0.00186. The Labute approximate surface area is 170 Å². The number of hydrogen-bond acceptors (Lipinski definition) is 2. The number of anilines is 1. The van der Waals surface area contributed by atoms with Crippen LogP contribution in [0, 0.1) is 12.7 Å². The zero-order valence-corrected chi connectivity index (χ0v) is 17.2. The monoisotopic (exact) mass is 470 g/mol. The van der Waals surface area contributed by atoms with Crippen LogP contribution in [0.1, 0.15) is 18.1 Å². The summed E-state index contributed by atoms with van der Waals surface area (Å²) in [6, 6.07) is 13.7. The van der Waals surface area contributed by atoms with Gasteiger partial charge in [-0.1, -0.05) is 24.3 Å². The molecular weight excluding hydrogens is 446 g/mol. The molecule has 7 heteroatoms. The lowest BCUT2D eigenvalue weighted by atomic mass is 10.1. The van der Waals surface area contributed by atoms with Crippen molar-refractivity contribution in [1.29, 1.82) is 0 Å². The number of aliphatic imine (C=N–C) groups is 1. The van der Waals surface area contributed by atoms with E-state index in [9.17, 15) is 9.18 Å². The quantitative estimate of drug-likeness (QED) is 0.344. The van der Waals surface area contributed by atoms with E-state index in [0.29, 0.717) is 24.7 Å². The van der Waals surface area contributed by atoms with E-state index in [1.165, 1.54) is 29.8 Å². The van der Waals surface area contributed by atoms with Gasteiger partial charge in [0.1, 0.15) is 5.82 Å². The molecular formula is C19H24FIN4O. The molecule has 140 valence electrons. The van der Waals surface area contributed by atoms with E-state index in [2.05, 4.69) is 20.9 Å². The summed E-state index contributed by atoms with van der Waals surface area (Å²) < 4.78 is 12.9. The summed E-state index contributed by atoms with van der Waals surface area (Å²) in [6.45, 7) is 5.29. The van der Waals surface area contributed by atoms with E-state index in [1.807, 2.05) is 38.1 Å². The summed E-state index contributed by atoms with van der Waals surface area (Å²) in [4.78, 5) is 16.5. The number of hydrogen-bond donors (Lipinski definition) is 3. The maximum Gasteiger partial charge on any atom is 0.243 e. The Bertz CT molecular complexity index is 735. The molecule has 0 atom stereocenters. The number of guanidine groups is 1. The predicted octanol–water partition coefficient (Wildman–Crippen LogP) is 3.45. The van der Waals surface area contributed by atoms with Gasteiger partial charge in [0.05, 0.1) is 13.1 Å². The highest BCUT2D eigenvalue weighted by Crippen LogP contribution is 2.08. The van der Waals surface area contributed by atoms with Gasteiger partial charge in [-0.25, -0.2) is 9.38 Å². The molecule has 0 heterocycles. The fourth-order valence-corrected chi connectivity index (χ4v) is 2.20. The largest absolute Gasteiger partial charge is 0.357 e. The van der Waals surface area contributed by atoms with Crippen molar-refractivity contribution in [3.05, 3.63) is 65.5 Å². The third kappa shape index (κ3) is 7.38. The van der Waals surface area contributed by atoms with Crippen LogP contribution in [0.25, 0.3) is 0 Å². The zero-order chi connectivity index (χ0) is 18.1. The molecule has 0 radical (unpaired) electrons. The second-order valence-corrected chi connectivity index (χ2v) is 5.53. The molecule has 3 N–H and O–H groups in total. The van der Waals surface area contributed by atoms with Gasteiger partial charge in [-0.05, 0) is 49.2 Å². The Hall–Kier alpha value is -2.16. The van der Waals surface area contributed by atoms with Crippen LogP contribution in [-0.2, 0) is 11.3 Å². The molecule has 0 spiro atoms. The topological polar surface area (TPSA) is 65.5 Å². The molecule has 0 saturated heterocycles. The van der Waals surface area contributed by atoms with Crippen LogP contribution >= 0.6 is 24.0 Å². The summed E-state index contributed by atoms with van der Waals surface area (Å²) in [7, 11) is 0. The molecule has 26 heavy (non-hydrogen) atoms. The number of rotatable bonds is 6. The number of benzene rings is 2. The van der Waals surface area contributed by atoms with Gasteiger partial charge in [0, 0.05) is 12.2 Å². The molecule has 0 fully saturated rings. The maximum atomic E-state index is 12.9. The number of aryl methyl sites for hydroxylation is 1. The SMILES string of the molecule is CCNC(=NCc1ccccc1C)NCC(=O)Nc1ccc(F)cc1.I. The van der Waals surface area contributed by atoms with Gasteiger partial charge in [0.25, 0.3) is 0 Å². The van der Waals surface area contributed by atoms with E-state index >= 15 is 0 Å². The average Bonchev–Trinajstić information content (AvgIpc) is 2.60. The van der Waals surface area contributed by atoms with Crippen molar-refractivity contribution in [1.82, 2.24) is 10.6 Å². The van der Waals surface area contributed by atoms with Crippen molar-refractivity contribution in [2.45, 2.75) is 20.4 Å². The van der Waals surface area contributed by atoms with Gasteiger partial charge in [0.2, 0.25) is 5.91 Å². The molecule has 0 bridgehead atoms. The number of carbonyl (C=O) groups is 1. The second-order valence-electron chi connectivity index (χ2n) is 5.53. The summed E-state index contributed by atoms with van der Waals surface area (Å²) >= 11 is 0. The summed E-state index contributed by atoms with van der Waals surface area (Å²) in [5, 5.41) is 8.80. The third-order valence-electron chi connectivity index (χ3n) is 3.56. The van der Waals surface area contributed by atoms with Crippen molar-refractivity contribution < 1.29 is 9.18 Å². The van der Waals surface area contributed by atoms with Crippen LogP contribution in [0.15, 0.2) is 53.5 Å². The second kappa shape index (κ2) is 11.5. The minimum atomic E-state index is -0.339. The molecule has 2 aromatic carbocycles. The first-order valence-electron chi connectivity index (χ1n) is 8.20. The third-order valence-corrected chi connectivity index (χ3v) is 3.56. The fraction of sp³-hybridized carbons (Fsp3) is 0.263. The van der Waals surface area contributed by atoms with E-state index in [4.69, 9.17) is 0 Å². The lowest BCUT2D eigenvalue weighted by Crippen LogP contribution is -2.41. The predicted molar refractivity (Wildman–Crippen MR) is 114 cm³/mol. The van der Waals surface area contributed by atoms with Gasteiger partial charge >= 0.3 is 0 Å². The van der Waals surface area contributed by atoms with Crippen LogP contribution in [0.3, 0.4) is 0 Å². The Morgan fingerprint density at radius 1 is 1.08 bits per heavy atom. The van der Waals surface area contributed by atoms with E-state index in [0.717, 1.165) is 5.56 Å². The highest BCUT2D eigenvalue weighted by molar-refractivity contribution is 14.0. The van der Waals surface area contributed by atoms with Gasteiger partial charge in [-0.15, -0.1) is 24.0 Å². The minimum Gasteiger partial charge on any atom is -0.357 e. The standard InChI is InChI=1S/C19H23FN4O.HI/c1-3-21-19(22-12-15-7-5-4-6-14(15)2)23-13-18(25)24-17-10-8-16(20)9-11-17;/h4-11H,3,12-13H2,1-2H3,(H,24,25)(H2,21,22,23);1H. The Kier molecular flexibility index (Phi) is 9.64. The van der Waals surface area contributed by atoms with Crippen LogP contribution in [-0.4, -0.2) is 25.0 Å². The molecule has 0 aliphatic rings. The van der Waals surface area contributed by atoms with Crippen molar-refractivity contribution in [3.63, 3.8) is 0 Å². The van der Waals surface area contributed by atoms with Gasteiger partial charge in [-0.2, -0.15) is 0 Å². The van der Waals surface area contributed by atoms with Crippen molar-refractivity contribution in [2.75, 3.05) is 18.4 Å². The molecule has 0 saturated carbocycles. The van der Waals surface area contributed by atoms with Crippen LogP contribution in [0.2, 0.25) is 0 Å². The molecule has 0 aliphatic carbocycles. The maximum absolute atomic E-state index is 12.9. The first-order chi connectivity index (χ1) is 12.1. The number of carbonyl (C=O) groups excluding carboxylic acids is 1. The van der Waals surface area contributed by atoms with Gasteiger partial charge in [-0.3, -0.25) is 4.79 Å². The number of nitrogens with zero attached hydrogens (tertiary/aromatic N) is 1. The molecule has 2 rings (SSSR count). The van der Waals surface area contributed by atoms with E-state index in [-0.39, 0.29) is 42.2 Å². The molecule has 0 aromatic heterocycles. The van der Waals surface area contributed by atoms with E-state index < -0.39 is 0 Å². The number of amides is 1. The Balaban J connectivity index is 0.00000338.